The van der Waals surface area contributed by atoms with E-state index in [1.54, 1.807) is 29.5 Å². The van der Waals surface area contributed by atoms with Crippen LogP contribution in [0.3, 0.4) is 0 Å². The molecule has 3 rings (SSSR count). The minimum absolute atomic E-state index is 0.0494. The van der Waals surface area contributed by atoms with Crippen molar-refractivity contribution in [3.8, 4) is 11.5 Å². The lowest BCUT2D eigenvalue weighted by Crippen LogP contribution is -2.32. The molecule has 1 saturated carbocycles. The van der Waals surface area contributed by atoms with Gasteiger partial charge in [-0.25, -0.2) is 4.79 Å². The summed E-state index contributed by atoms with van der Waals surface area (Å²) in [5.74, 6) is -0.413. The summed E-state index contributed by atoms with van der Waals surface area (Å²) in [4.78, 5) is 26.8. The van der Waals surface area contributed by atoms with Gasteiger partial charge in [0, 0.05) is 16.5 Å². The molecule has 0 radical (unpaired) electrons. The first kappa shape index (κ1) is 18.3. The zero-order valence-electron chi connectivity index (χ0n) is 14.5. The molecule has 0 atom stereocenters. The third kappa shape index (κ3) is 4.54. The predicted octanol–water partition coefficient (Wildman–Crippen LogP) is 3.42. The Kier molecular flexibility index (Phi) is 5.78. The van der Waals surface area contributed by atoms with Crippen LogP contribution in [-0.2, 0) is 11.3 Å². The zero-order chi connectivity index (χ0) is 18.5. The molecule has 0 saturated heterocycles. The highest BCUT2D eigenvalue weighted by Crippen LogP contribution is 2.33. The highest BCUT2D eigenvalue weighted by Gasteiger charge is 2.33. The number of carboxylic acids is 1. The van der Waals surface area contributed by atoms with Crippen LogP contribution in [0.25, 0.3) is 0 Å². The summed E-state index contributed by atoms with van der Waals surface area (Å²) in [7, 11) is 0. The van der Waals surface area contributed by atoms with Gasteiger partial charge in [0.25, 0.3) is 5.91 Å². The number of carbonyl (C=O) groups is 2. The molecule has 1 aliphatic rings. The number of hydrogen-bond donors (Lipinski definition) is 1. The molecule has 0 bridgehead atoms. The number of carboxylic acid groups (broad SMARTS) is 1. The van der Waals surface area contributed by atoms with Crippen molar-refractivity contribution in [3.63, 3.8) is 0 Å². The molecule has 2 aromatic rings. The molecule has 1 N–H and O–H groups in total. The maximum Gasteiger partial charge on any atom is 0.341 e. The first-order valence-corrected chi connectivity index (χ1v) is 9.41. The first-order valence-electron chi connectivity index (χ1n) is 8.53. The van der Waals surface area contributed by atoms with Gasteiger partial charge in [-0.05, 0) is 49.4 Å². The van der Waals surface area contributed by atoms with E-state index in [0.29, 0.717) is 30.2 Å². The van der Waals surface area contributed by atoms with Gasteiger partial charge in [-0.3, -0.25) is 4.79 Å². The average Bonchev–Trinajstić information content (AvgIpc) is 3.34. The van der Waals surface area contributed by atoms with Gasteiger partial charge in [0.15, 0.2) is 18.1 Å². The third-order valence-electron chi connectivity index (χ3n) is 4.00. The van der Waals surface area contributed by atoms with Crippen LogP contribution in [0.5, 0.6) is 11.5 Å². The Morgan fingerprint density at radius 1 is 1.23 bits per heavy atom. The number of rotatable bonds is 9. The Morgan fingerprint density at radius 2 is 2.04 bits per heavy atom. The number of amides is 1. The largest absolute Gasteiger partial charge is 0.490 e. The van der Waals surface area contributed by atoms with Crippen molar-refractivity contribution in [3.05, 3.63) is 46.2 Å². The van der Waals surface area contributed by atoms with Crippen LogP contribution >= 0.6 is 11.3 Å². The van der Waals surface area contributed by atoms with Gasteiger partial charge in [0.05, 0.1) is 13.2 Å². The number of benzene rings is 1. The lowest BCUT2D eigenvalue weighted by Gasteiger charge is -2.22. The number of ether oxygens (including phenoxy) is 2. The number of thiophene rings is 1. The first-order chi connectivity index (χ1) is 12.6. The summed E-state index contributed by atoms with van der Waals surface area (Å²) < 4.78 is 10.8. The van der Waals surface area contributed by atoms with Gasteiger partial charge >= 0.3 is 5.97 Å². The fourth-order valence-corrected chi connectivity index (χ4v) is 3.36. The molecule has 138 valence electrons. The maximum absolute atomic E-state index is 13.0. The topological polar surface area (TPSA) is 76.1 Å². The van der Waals surface area contributed by atoms with E-state index in [4.69, 9.17) is 14.6 Å². The average molecular weight is 375 g/mol. The van der Waals surface area contributed by atoms with Crippen LogP contribution in [0.4, 0.5) is 0 Å². The highest BCUT2D eigenvalue weighted by atomic mass is 32.1. The van der Waals surface area contributed by atoms with Gasteiger partial charge in [-0.2, -0.15) is 0 Å². The lowest BCUT2D eigenvalue weighted by atomic mass is 10.1. The Balaban J connectivity index is 1.80. The van der Waals surface area contributed by atoms with Gasteiger partial charge < -0.3 is 19.5 Å². The Morgan fingerprint density at radius 3 is 2.65 bits per heavy atom. The van der Waals surface area contributed by atoms with Crippen LogP contribution < -0.4 is 9.47 Å². The molecule has 1 aliphatic carbocycles. The molecular formula is C19H21NO5S. The van der Waals surface area contributed by atoms with Crippen molar-refractivity contribution in [2.45, 2.75) is 32.4 Å². The fraction of sp³-hybridized carbons (Fsp3) is 0.368. The normalized spacial score (nSPS) is 13.3. The van der Waals surface area contributed by atoms with Crippen LogP contribution in [0.15, 0.2) is 35.7 Å². The summed E-state index contributed by atoms with van der Waals surface area (Å²) in [6.45, 7) is 2.35. The quantitative estimate of drug-likeness (QED) is 0.727. The standard InChI is InChI=1S/C19H21NO5S/c1-2-24-17-10-13(5-8-16(17)25-12-18(21)22)19(23)20(14-6-7-14)11-15-4-3-9-26-15/h3-5,8-10,14H,2,6-7,11-12H2,1H3,(H,21,22). The molecule has 1 fully saturated rings. The second-order valence-electron chi connectivity index (χ2n) is 6.02. The molecule has 6 nitrogen and oxygen atoms in total. The second kappa shape index (κ2) is 8.23. The summed E-state index contributed by atoms with van der Waals surface area (Å²) >= 11 is 1.64. The van der Waals surface area contributed by atoms with E-state index in [-0.39, 0.29) is 11.9 Å². The fourth-order valence-electron chi connectivity index (χ4n) is 2.66. The molecule has 1 aromatic carbocycles. The van der Waals surface area contributed by atoms with Crippen molar-refractivity contribution in [2.24, 2.45) is 0 Å². The van der Waals surface area contributed by atoms with Crippen molar-refractivity contribution in [2.75, 3.05) is 13.2 Å². The monoisotopic (exact) mass is 375 g/mol. The van der Waals surface area contributed by atoms with Gasteiger partial charge in [0.1, 0.15) is 0 Å². The number of carbonyl (C=O) groups excluding carboxylic acids is 1. The molecule has 0 unspecified atom stereocenters. The summed E-state index contributed by atoms with van der Waals surface area (Å²) in [6, 6.07) is 9.18. The lowest BCUT2D eigenvalue weighted by molar-refractivity contribution is -0.139. The van der Waals surface area contributed by atoms with Gasteiger partial charge in [0.2, 0.25) is 0 Å². The van der Waals surface area contributed by atoms with E-state index in [0.717, 1.165) is 17.7 Å². The molecule has 26 heavy (non-hydrogen) atoms. The van der Waals surface area contributed by atoms with E-state index in [1.165, 1.54) is 0 Å². The van der Waals surface area contributed by atoms with Crippen molar-refractivity contribution < 1.29 is 24.2 Å². The molecule has 0 spiro atoms. The summed E-state index contributed by atoms with van der Waals surface area (Å²) in [6.07, 6.45) is 2.05. The van der Waals surface area contributed by atoms with E-state index in [2.05, 4.69) is 0 Å². The summed E-state index contributed by atoms with van der Waals surface area (Å²) in [5, 5.41) is 10.8. The summed E-state index contributed by atoms with van der Waals surface area (Å²) in [5.41, 5.74) is 0.514. The third-order valence-corrected chi connectivity index (χ3v) is 4.86. The Hall–Kier alpha value is -2.54. The van der Waals surface area contributed by atoms with E-state index >= 15 is 0 Å². The molecule has 1 amide bonds. The molecule has 7 heteroatoms. The predicted molar refractivity (Wildman–Crippen MR) is 98.0 cm³/mol. The minimum Gasteiger partial charge on any atom is -0.490 e. The number of aliphatic carboxylic acids is 1. The van der Waals surface area contributed by atoms with Crippen molar-refractivity contribution in [1.82, 2.24) is 4.90 Å². The smallest absolute Gasteiger partial charge is 0.341 e. The van der Waals surface area contributed by atoms with E-state index in [1.807, 2.05) is 29.3 Å². The Labute approximate surface area is 156 Å². The number of hydrogen-bond acceptors (Lipinski definition) is 5. The highest BCUT2D eigenvalue weighted by molar-refractivity contribution is 7.09. The second-order valence-corrected chi connectivity index (χ2v) is 7.05. The van der Waals surface area contributed by atoms with Gasteiger partial charge in [-0.15, -0.1) is 11.3 Å². The molecule has 0 aliphatic heterocycles. The molecular weight excluding hydrogens is 354 g/mol. The van der Waals surface area contributed by atoms with Crippen molar-refractivity contribution >= 4 is 23.2 Å². The zero-order valence-corrected chi connectivity index (χ0v) is 15.3. The van der Waals surface area contributed by atoms with E-state index in [9.17, 15) is 9.59 Å². The number of nitrogens with zero attached hydrogens (tertiary/aromatic N) is 1. The Bertz CT molecular complexity index is 770. The SMILES string of the molecule is CCOc1cc(C(=O)N(Cc2cccs2)C2CC2)ccc1OCC(=O)O. The van der Waals surface area contributed by atoms with E-state index < -0.39 is 12.6 Å². The van der Waals surface area contributed by atoms with Crippen molar-refractivity contribution in [1.29, 1.82) is 0 Å². The molecule has 1 heterocycles. The van der Waals surface area contributed by atoms with Gasteiger partial charge in [-0.1, -0.05) is 6.07 Å². The maximum atomic E-state index is 13.0. The van der Waals surface area contributed by atoms with Crippen LogP contribution in [0.2, 0.25) is 0 Å². The minimum atomic E-state index is -1.07. The molecule has 1 aromatic heterocycles. The van der Waals surface area contributed by atoms with Crippen LogP contribution in [-0.4, -0.2) is 41.1 Å². The van der Waals surface area contributed by atoms with Crippen LogP contribution in [0, 0.1) is 0 Å². The van der Waals surface area contributed by atoms with Crippen LogP contribution in [0.1, 0.15) is 35.0 Å².